The van der Waals surface area contributed by atoms with E-state index in [-0.39, 0.29) is 11.9 Å². The number of hydrogen-bond donors (Lipinski definition) is 1. The van der Waals surface area contributed by atoms with Crippen LogP contribution >= 0.6 is 15.9 Å². The van der Waals surface area contributed by atoms with E-state index < -0.39 is 0 Å². The van der Waals surface area contributed by atoms with Gasteiger partial charge in [0.1, 0.15) is 5.82 Å². The first kappa shape index (κ1) is 13.0. The molecule has 0 radical (unpaired) electrons. The van der Waals surface area contributed by atoms with Crippen LogP contribution in [0.4, 0.5) is 4.39 Å². The molecule has 1 aromatic rings. The summed E-state index contributed by atoms with van der Waals surface area (Å²) in [7, 11) is 2.04. The van der Waals surface area contributed by atoms with Gasteiger partial charge in [-0.25, -0.2) is 4.39 Å². The summed E-state index contributed by atoms with van der Waals surface area (Å²) in [6.07, 6.45) is 3.67. The van der Waals surface area contributed by atoms with Gasteiger partial charge in [0.05, 0.1) is 0 Å². The molecule has 4 heteroatoms. The molecule has 1 aliphatic rings. The van der Waals surface area contributed by atoms with Gasteiger partial charge in [-0.2, -0.15) is 0 Å². The summed E-state index contributed by atoms with van der Waals surface area (Å²) in [5, 5.41) is 0. The highest BCUT2D eigenvalue weighted by Crippen LogP contribution is 2.32. The van der Waals surface area contributed by atoms with Gasteiger partial charge in [-0.1, -0.05) is 28.4 Å². The number of rotatable bonds is 4. The largest absolute Gasteiger partial charge is 0.329 e. The number of hydrogen-bond acceptors (Lipinski definition) is 2. The Morgan fingerprint density at radius 2 is 2.24 bits per heavy atom. The van der Waals surface area contributed by atoms with Crippen molar-refractivity contribution in [3.05, 3.63) is 34.1 Å². The maximum Gasteiger partial charge on any atom is 0.129 e. The third-order valence-electron chi connectivity index (χ3n) is 3.69. The third-order valence-corrected chi connectivity index (χ3v) is 4.18. The van der Waals surface area contributed by atoms with E-state index in [0.717, 1.165) is 4.47 Å². The molecular weight excluding hydrogens is 283 g/mol. The second-order valence-corrected chi connectivity index (χ2v) is 5.58. The van der Waals surface area contributed by atoms with E-state index in [1.165, 1.54) is 25.3 Å². The Labute approximate surface area is 110 Å². The van der Waals surface area contributed by atoms with E-state index in [0.29, 0.717) is 18.2 Å². The zero-order valence-corrected chi connectivity index (χ0v) is 11.6. The average molecular weight is 301 g/mol. The van der Waals surface area contributed by atoms with Crippen molar-refractivity contribution in [2.24, 2.45) is 5.73 Å². The SMILES string of the molecule is CN(C1CCC1)C(CN)c1ccc(Br)cc1F. The molecule has 0 spiro atoms. The highest BCUT2D eigenvalue weighted by atomic mass is 79.9. The van der Waals surface area contributed by atoms with Crippen molar-refractivity contribution < 1.29 is 4.39 Å². The van der Waals surface area contributed by atoms with Crippen LogP contribution in [0.25, 0.3) is 0 Å². The van der Waals surface area contributed by atoms with Gasteiger partial charge >= 0.3 is 0 Å². The van der Waals surface area contributed by atoms with E-state index in [4.69, 9.17) is 5.73 Å². The predicted molar refractivity (Wildman–Crippen MR) is 71.3 cm³/mol. The Bertz CT molecular complexity index is 393. The molecule has 0 heterocycles. The Morgan fingerprint density at radius 1 is 1.53 bits per heavy atom. The molecule has 94 valence electrons. The summed E-state index contributed by atoms with van der Waals surface area (Å²) in [6.45, 7) is 0.450. The Morgan fingerprint density at radius 3 is 2.71 bits per heavy atom. The molecule has 1 fully saturated rings. The van der Waals surface area contributed by atoms with E-state index in [2.05, 4.69) is 20.8 Å². The first-order valence-electron chi connectivity index (χ1n) is 6.00. The lowest BCUT2D eigenvalue weighted by molar-refractivity contribution is 0.111. The normalized spacial score (nSPS) is 18.2. The van der Waals surface area contributed by atoms with Crippen molar-refractivity contribution in [2.45, 2.75) is 31.3 Å². The first-order valence-corrected chi connectivity index (χ1v) is 6.79. The van der Waals surface area contributed by atoms with Crippen LogP contribution in [-0.4, -0.2) is 24.5 Å². The molecule has 2 nitrogen and oxygen atoms in total. The van der Waals surface area contributed by atoms with Crippen LogP contribution in [0.15, 0.2) is 22.7 Å². The molecule has 0 aliphatic heterocycles. The maximum atomic E-state index is 13.9. The topological polar surface area (TPSA) is 29.3 Å². The van der Waals surface area contributed by atoms with E-state index in [1.54, 1.807) is 0 Å². The number of halogens is 2. The van der Waals surface area contributed by atoms with Gasteiger partial charge in [-0.15, -0.1) is 0 Å². The highest BCUT2D eigenvalue weighted by molar-refractivity contribution is 9.10. The molecular formula is C13H18BrFN2. The molecule has 1 saturated carbocycles. The summed E-state index contributed by atoms with van der Waals surface area (Å²) in [5.74, 6) is -0.180. The van der Waals surface area contributed by atoms with Crippen molar-refractivity contribution in [1.29, 1.82) is 0 Å². The second-order valence-electron chi connectivity index (χ2n) is 4.67. The molecule has 2 rings (SSSR count). The van der Waals surface area contributed by atoms with Gasteiger partial charge in [0.2, 0.25) is 0 Å². The van der Waals surface area contributed by atoms with Crippen LogP contribution in [-0.2, 0) is 0 Å². The van der Waals surface area contributed by atoms with Gasteiger partial charge in [-0.05, 0) is 32.0 Å². The molecule has 1 atom stereocenters. The standard InChI is InChI=1S/C13H18BrFN2/c1-17(10-3-2-4-10)13(8-16)11-6-5-9(14)7-12(11)15/h5-7,10,13H,2-4,8,16H2,1H3. The fraction of sp³-hybridized carbons (Fsp3) is 0.538. The number of nitrogens with zero attached hydrogens (tertiary/aromatic N) is 1. The molecule has 0 aromatic heterocycles. The summed E-state index contributed by atoms with van der Waals surface area (Å²) in [5.41, 5.74) is 6.51. The van der Waals surface area contributed by atoms with Crippen molar-refractivity contribution in [3.8, 4) is 0 Å². The fourth-order valence-corrected chi connectivity index (χ4v) is 2.67. The quantitative estimate of drug-likeness (QED) is 0.926. The summed E-state index contributed by atoms with van der Waals surface area (Å²) in [4.78, 5) is 2.22. The van der Waals surface area contributed by atoms with Gasteiger partial charge in [0.25, 0.3) is 0 Å². The summed E-state index contributed by atoms with van der Waals surface area (Å²) < 4.78 is 14.7. The smallest absolute Gasteiger partial charge is 0.129 e. The van der Waals surface area contributed by atoms with Gasteiger partial charge < -0.3 is 5.73 Å². The zero-order chi connectivity index (χ0) is 12.4. The third kappa shape index (κ3) is 2.69. The van der Waals surface area contributed by atoms with Gasteiger partial charge in [-0.3, -0.25) is 4.90 Å². The van der Waals surface area contributed by atoms with Crippen LogP contribution in [0.3, 0.4) is 0 Å². The lowest BCUT2D eigenvalue weighted by Gasteiger charge is -2.39. The summed E-state index contributed by atoms with van der Waals surface area (Å²) >= 11 is 3.27. The minimum Gasteiger partial charge on any atom is -0.329 e. The monoisotopic (exact) mass is 300 g/mol. The maximum absolute atomic E-state index is 13.9. The molecule has 1 aromatic carbocycles. The van der Waals surface area contributed by atoms with Crippen LogP contribution in [0, 0.1) is 5.82 Å². The highest BCUT2D eigenvalue weighted by Gasteiger charge is 2.28. The fourth-order valence-electron chi connectivity index (χ4n) is 2.33. The van der Waals surface area contributed by atoms with E-state index >= 15 is 0 Å². The number of benzene rings is 1. The van der Waals surface area contributed by atoms with Crippen LogP contribution in [0.2, 0.25) is 0 Å². The molecule has 0 bridgehead atoms. The minimum atomic E-state index is -0.180. The molecule has 0 amide bonds. The second kappa shape index (κ2) is 5.46. The molecule has 17 heavy (non-hydrogen) atoms. The molecule has 2 N–H and O–H groups in total. The van der Waals surface area contributed by atoms with Crippen molar-refractivity contribution in [1.82, 2.24) is 4.90 Å². The Kier molecular flexibility index (Phi) is 4.17. The minimum absolute atomic E-state index is 0.0200. The first-order chi connectivity index (χ1) is 8.13. The van der Waals surface area contributed by atoms with Crippen LogP contribution in [0.5, 0.6) is 0 Å². The number of nitrogens with two attached hydrogens (primary N) is 1. The van der Waals surface area contributed by atoms with Crippen molar-refractivity contribution >= 4 is 15.9 Å². The predicted octanol–water partition coefficient (Wildman–Crippen LogP) is 3.07. The average Bonchev–Trinajstić information content (AvgIpc) is 2.19. The van der Waals surface area contributed by atoms with Gasteiger partial charge in [0, 0.05) is 28.7 Å². The Hall–Kier alpha value is -0.450. The summed E-state index contributed by atoms with van der Waals surface area (Å²) in [6, 6.07) is 5.74. The lowest BCUT2D eigenvalue weighted by atomic mass is 9.89. The van der Waals surface area contributed by atoms with Crippen molar-refractivity contribution in [2.75, 3.05) is 13.6 Å². The molecule has 1 aliphatic carbocycles. The van der Waals surface area contributed by atoms with Crippen LogP contribution in [0.1, 0.15) is 30.9 Å². The van der Waals surface area contributed by atoms with E-state index in [9.17, 15) is 4.39 Å². The molecule has 1 unspecified atom stereocenters. The zero-order valence-electron chi connectivity index (χ0n) is 10.00. The Balaban J connectivity index is 2.21. The van der Waals surface area contributed by atoms with Gasteiger partial charge in [0.15, 0.2) is 0 Å². The number of likely N-dealkylation sites (N-methyl/N-ethyl adjacent to an activating group) is 1. The molecule has 0 saturated heterocycles. The van der Waals surface area contributed by atoms with Crippen molar-refractivity contribution in [3.63, 3.8) is 0 Å². The van der Waals surface area contributed by atoms with Crippen LogP contribution < -0.4 is 5.73 Å². The van der Waals surface area contributed by atoms with E-state index in [1.807, 2.05) is 19.2 Å². The lowest BCUT2D eigenvalue weighted by Crippen LogP contribution is -2.42.